The van der Waals surface area contributed by atoms with E-state index >= 15 is 0 Å². The maximum absolute atomic E-state index is 12.4. The van der Waals surface area contributed by atoms with Crippen molar-refractivity contribution in [3.05, 3.63) is 0 Å². The molecule has 0 aliphatic carbocycles. The predicted molar refractivity (Wildman–Crippen MR) is 82.7 cm³/mol. The molecule has 0 radical (unpaired) electrons. The van der Waals surface area contributed by atoms with Gasteiger partial charge in [-0.25, -0.2) is 0 Å². The molecule has 0 bridgehead atoms. The summed E-state index contributed by atoms with van der Waals surface area (Å²) in [6.07, 6.45) is -4.95. The van der Waals surface area contributed by atoms with E-state index in [-0.39, 0.29) is 13.5 Å². The molecule has 2 nitrogen and oxygen atoms in total. The van der Waals surface area contributed by atoms with E-state index in [0.29, 0.717) is 0 Å². The molecule has 0 aromatic rings. The summed E-state index contributed by atoms with van der Waals surface area (Å²) in [6.45, 7) is 13.7. The van der Waals surface area contributed by atoms with E-state index in [1.807, 2.05) is 39.3 Å². The van der Waals surface area contributed by atoms with Gasteiger partial charge < -0.3 is 8.23 Å². The highest BCUT2D eigenvalue weighted by Crippen LogP contribution is 2.30. The molecule has 0 aliphatic rings. The highest BCUT2D eigenvalue weighted by atomic mass is 28.5. The maximum atomic E-state index is 12.4. The van der Waals surface area contributed by atoms with E-state index in [4.69, 9.17) is 8.23 Å². The number of hydrogen-bond acceptors (Lipinski definition) is 2. The lowest BCUT2D eigenvalue weighted by atomic mass is 10.5. The highest BCUT2D eigenvalue weighted by Gasteiger charge is 2.43. The van der Waals surface area contributed by atoms with Gasteiger partial charge in [0, 0.05) is 6.42 Å². The molecule has 0 spiro atoms. The number of rotatable bonds is 6. The normalized spacial score (nSPS) is 14.2. The van der Waals surface area contributed by atoms with Crippen LogP contribution >= 0.6 is 0 Å². The molecule has 0 heterocycles. The molecule has 8 heteroatoms. The van der Waals surface area contributed by atoms with Gasteiger partial charge in [0.15, 0.2) is 16.6 Å². The average Bonchev–Trinajstić information content (AvgIpc) is 1.91. The fourth-order valence-electron chi connectivity index (χ4n) is 1.79. The average molecular weight is 335 g/mol. The van der Waals surface area contributed by atoms with Crippen molar-refractivity contribution in [3.63, 3.8) is 0 Å². The van der Waals surface area contributed by atoms with Gasteiger partial charge in [-0.15, -0.1) is 0 Å². The van der Waals surface area contributed by atoms with Crippen molar-refractivity contribution in [3.8, 4) is 0 Å². The second-order valence-electron chi connectivity index (χ2n) is 6.68. The SMILES string of the molecule is C.C[Si](C)(C)O[Si](C)(CCC(F)(F)F)O[Si](C)(C)C. The smallest absolute Gasteiger partial charge is 0.389 e. The number of hydrogen-bond donors (Lipinski definition) is 0. The molecule has 0 aromatic carbocycles. The molecule has 118 valence electrons. The molecule has 19 heavy (non-hydrogen) atoms. The summed E-state index contributed by atoms with van der Waals surface area (Å²) in [4.78, 5) is 0. The lowest BCUT2D eigenvalue weighted by Crippen LogP contribution is -2.52. The summed E-state index contributed by atoms with van der Waals surface area (Å²) in [5, 5.41) is 0. The highest BCUT2D eigenvalue weighted by molar-refractivity contribution is 6.87. The second kappa shape index (κ2) is 6.88. The van der Waals surface area contributed by atoms with Gasteiger partial charge in [0.05, 0.1) is 0 Å². The van der Waals surface area contributed by atoms with Gasteiger partial charge in [-0.1, -0.05) is 7.43 Å². The van der Waals surface area contributed by atoms with E-state index < -0.39 is 37.8 Å². The minimum Gasteiger partial charge on any atom is -0.437 e. The molecule has 0 aliphatic heterocycles. The monoisotopic (exact) mass is 334 g/mol. The first-order valence-corrected chi connectivity index (χ1v) is 15.4. The third kappa shape index (κ3) is 13.1. The Labute approximate surface area is 119 Å². The molecule has 0 atom stereocenters. The molecule has 0 saturated heterocycles. The minimum atomic E-state index is -4.14. The summed E-state index contributed by atoms with van der Waals surface area (Å²) in [6, 6.07) is -0.00889. The summed E-state index contributed by atoms with van der Waals surface area (Å²) >= 11 is 0. The zero-order chi connectivity index (χ0) is 14.8. The van der Waals surface area contributed by atoms with Crippen LogP contribution in [0.5, 0.6) is 0 Å². The van der Waals surface area contributed by atoms with E-state index in [1.165, 1.54) is 0 Å². The Kier molecular flexibility index (Phi) is 7.84. The Hall–Kier alpha value is 0.361. The third-order valence-electron chi connectivity index (χ3n) is 1.91. The van der Waals surface area contributed by atoms with Crippen molar-refractivity contribution in [2.45, 2.75) is 71.9 Å². The first-order valence-electron chi connectivity index (χ1n) is 6.09. The van der Waals surface area contributed by atoms with E-state index in [2.05, 4.69) is 0 Å². The van der Waals surface area contributed by atoms with Gasteiger partial charge in [-0.3, -0.25) is 0 Å². The molecule has 0 saturated carbocycles. The Morgan fingerprint density at radius 2 is 1.11 bits per heavy atom. The van der Waals surface area contributed by atoms with Gasteiger partial charge in [0.2, 0.25) is 0 Å². The largest absolute Gasteiger partial charge is 0.437 e. The van der Waals surface area contributed by atoms with Crippen LogP contribution in [0.4, 0.5) is 13.2 Å². The lowest BCUT2D eigenvalue weighted by Gasteiger charge is -2.38. The first kappa shape index (κ1) is 21.7. The van der Waals surface area contributed by atoms with Crippen LogP contribution in [0.3, 0.4) is 0 Å². The third-order valence-corrected chi connectivity index (χ3v) is 11.4. The van der Waals surface area contributed by atoms with Crippen molar-refractivity contribution in [2.24, 2.45) is 0 Å². The summed E-state index contributed by atoms with van der Waals surface area (Å²) < 4.78 is 49.1. The van der Waals surface area contributed by atoms with Gasteiger partial charge in [0.1, 0.15) is 0 Å². The first-order chi connectivity index (χ1) is 7.62. The molecular formula is C11H29F3O2Si3. The molecule has 0 N–H and O–H groups in total. The molecule has 0 rings (SSSR count). The lowest BCUT2D eigenvalue weighted by molar-refractivity contribution is -0.131. The zero-order valence-corrected chi connectivity index (χ0v) is 15.4. The van der Waals surface area contributed by atoms with Gasteiger partial charge in [0.25, 0.3) is 0 Å². The Morgan fingerprint density at radius 1 is 0.789 bits per heavy atom. The van der Waals surface area contributed by atoms with Crippen LogP contribution in [-0.4, -0.2) is 31.4 Å². The van der Waals surface area contributed by atoms with E-state index in [9.17, 15) is 13.2 Å². The summed E-state index contributed by atoms with van der Waals surface area (Å²) in [7, 11) is -6.52. The molecule has 0 fully saturated rings. The Balaban J connectivity index is 0. The van der Waals surface area contributed by atoms with Crippen molar-refractivity contribution in [1.82, 2.24) is 0 Å². The van der Waals surface area contributed by atoms with Gasteiger partial charge in [-0.2, -0.15) is 13.2 Å². The standard InChI is InChI=1S/C10H25F3O2Si3.CH4/c1-16(2,3)14-18(7,15-17(4,5)6)9-8-10(11,12)13;/h8-9H2,1-7H3;1H4. The van der Waals surface area contributed by atoms with Gasteiger partial charge in [-0.05, 0) is 51.9 Å². The molecular weight excluding hydrogens is 305 g/mol. The van der Waals surface area contributed by atoms with Crippen LogP contribution in [-0.2, 0) is 8.23 Å². The quantitative estimate of drug-likeness (QED) is 0.610. The van der Waals surface area contributed by atoms with Crippen molar-refractivity contribution in [2.75, 3.05) is 0 Å². The number of alkyl halides is 3. The zero-order valence-electron chi connectivity index (χ0n) is 12.4. The maximum Gasteiger partial charge on any atom is 0.389 e. The van der Waals surface area contributed by atoms with E-state index in [0.717, 1.165) is 0 Å². The molecule has 0 aromatic heterocycles. The molecule has 0 unspecified atom stereocenters. The summed E-state index contributed by atoms with van der Waals surface area (Å²) in [5.74, 6) is 0. The van der Waals surface area contributed by atoms with Crippen molar-refractivity contribution in [1.29, 1.82) is 0 Å². The van der Waals surface area contributed by atoms with Crippen molar-refractivity contribution >= 4 is 25.2 Å². The van der Waals surface area contributed by atoms with Gasteiger partial charge >= 0.3 is 14.7 Å². The fourth-order valence-corrected chi connectivity index (χ4v) is 14.2. The minimum absolute atomic E-state index is 0. The Morgan fingerprint density at radius 3 is 1.32 bits per heavy atom. The van der Waals surface area contributed by atoms with Crippen LogP contribution in [0.1, 0.15) is 13.8 Å². The van der Waals surface area contributed by atoms with Crippen LogP contribution in [0, 0.1) is 0 Å². The topological polar surface area (TPSA) is 18.5 Å². The summed E-state index contributed by atoms with van der Waals surface area (Å²) in [5.41, 5.74) is 0. The predicted octanol–water partition coefficient (Wildman–Crippen LogP) is 5.35. The molecule has 0 amide bonds. The van der Waals surface area contributed by atoms with Crippen LogP contribution in [0.25, 0.3) is 0 Å². The van der Waals surface area contributed by atoms with E-state index in [1.54, 1.807) is 6.55 Å². The fraction of sp³-hybridized carbons (Fsp3) is 1.00. The van der Waals surface area contributed by atoms with Crippen LogP contribution in [0.15, 0.2) is 0 Å². The van der Waals surface area contributed by atoms with Crippen LogP contribution in [0.2, 0.25) is 51.9 Å². The van der Waals surface area contributed by atoms with Crippen molar-refractivity contribution < 1.29 is 21.4 Å². The second-order valence-corrected chi connectivity index (χ2v) is 19.5. The number of halogens is 3. The van der Waals surface area contributed by atoms with Crippen LogP contribution < -0.4 is 0 Å². The Bertz CT molecular complexity index is 254.